The van der Waals surface area contributed by atoms with Gasteiger partial charge in [0.2, 0.25) is 0 Å². The zero-order valence-electron chi connectivity index (χ0n) is 12.3. The smallest absolute Gasteiger partial charge is 0.127 e. The van der Waals surface area contributed by atoms with E-state index < -0.39 is 0 Å². The van der Waals surface area contributed by atoms with Crippen LogP contribution in [-0.2, 0) is 17.6 Å². The monoisotopic (exact) mass is 288 g/mol. The molecule has 3 N–H and O–H groups in total. The van der Waals surface area contributed by atoms with Crippen LogP contribution in [-0.4, -0.2) is 29.0 Å². The average Bonchev–Trinajstić information content (AvgIpc) is 2.44. The fourth-order valence-electron chi connectivity index (χ4n) is 2.61. The van der Waals surface area contributed by atoms with Crippen LogP contribution in [0.2, 0.25) is 0 Å². The fraction of sp³-hybridized carbons (Fsp3) is 0.294. The molecule has 112 valence electrons. The lowest BCUT2D eigenvalue weighted by molar-refractivity contribution is 0.202. The number of phenolic OH excluding ortho intramolecular Hbond substituents is 3. The Balaban J connectivity index is 2.67. The molecule has 0 radical (unpaired) electrons. The SMILES string of the molecule is CCc1c(O)cc(O)c(-c2cccc(O)c2)c1CCOC. The highest BCUT2D eigenvalue weighted by Crippen LogP contribution is 2.40. The lowest BCUT2D eigenvalue weighted by Crippen LogP contribution is -2.02. The molecule has 0 saturated carbocycles. The van der Waals surface area contributed by atoms with Gasteiger partial charge in [-0.1, -0.05) is 19.1 Å². The number of phenols is 3. The highest BCUT2D eigenvalue weighted by atomic mass is 16.5. The molecule has 2 aromatic carbocycles. The van der Waals surface area contributed by atoms with E-state index in [2.05, 4.69) is 0 Å². The summed E-state index contributed by atoms with van der Waals surface area (Å²) in [6.07, 6.45) is 1.23. The topological polar surface area (TPSA) is 69.9 Å². The van der Waals surface area contributed by atoms with Crippen molar-refractivity contribution in [2.45, 2.75) is 19.8 Å². The van der Waals surface area contributed by atoms with Gasteiger partial charge in [-0.05, 0) is 41.7 Å². The van der Waals surface area contributed by atoms with Crippen LogP contribution in [0, 0.1) is 0 Å². The van der Waals surface area contributed by atoms with Crippen molar-refractivity contribution in [3.05, 3.63) is 41.5 Å². The Hall–Kier alpha value is -2.20. The van der Waals surface area contributed by atoms with Crippen molar-refractivity contribution in [2.24, 2.45) is 0 Å². The van der Waals surface area contributed by atoms with Crippen LogP contribution < -0.4 is 0 Å². The molecular formula is C17H20O4. The molecule has 0 aliphatic carbocycles. The van der Waals surface area contributed by atoms with E-state index in [1.807, 2.05) is 13.0 Å². The summed E-state index contributed by atoms with van der Waals surface area (Å²) in [5.74, 6) is 0.224. The summed E-state index contributed by atoms with van der Waals surface area (Å²) < 4.78 is 5.13. The Morgan fingerprint density at radius 3 is 2.38 bits per heavy atom. The second kappa shape index (κ2) is 6.50. The van der Waals surface area contributed by atoms with Crippen LogP contribution >= 0.6 is 0 Å². The molecule has 0 heterocycles. The van der Waals surface area contributed by atoms with Crippen LogP contribution in [0.5, 0.6) is 17.2 Å². The summed E-state index contributed by atoms with van der Waals surface area (Å²) in [7, 11) is 1.61. The van der Waals surface area contributed by atoms with E-state index in [-0.39, 0.29) is 17.2 Å². The van der Waals surface area contributed by atoms with Crippen LogP contribution in [0.1, 0.15) is 18.1 Å². The van der Waals surface area contributed by atoms with Gasteiger partial charge in [0.25, 0.3) is 0 Å². The lowest BCUT2D eigenvalue weighted by atomic mass is 9.90. The van der Waals surface area contributed by atoms with E-state index >= 15 is 0 Å². The van der Waals surface area contributed by atoms with Crippen LogP contribution in [0.3, 0.4) is 0 Å². The summed E-state index contributed by atoms with van der Waals surface area (Å²) in [4.78, 5) is 0. The Morgan fingerprint density at radius 2 is 1.76 bits per heavy atom. The molecule has 0 spiro atoms. The molecule has 2 rings (SSSR count). The molecule has 4 heteroatoms. The van der Waals surface area contributed by atoms with Crippen LogP contribution in [0.15, 0.2) is 30.3 Å². The first kappa shape index (κ1) is 15.2. The Bertz CT molecular complexity index is 635. The molecule has 0 saturated heterocycles. The molecule has 0 atom stereocenters. The standard InChI is InChI=1S/C17H20O4/c1-3-13-14(7-8-21-2)17(16(20)10-15(13)19)11-5-4-6-12(18)9-11/h4-6,9-10,18-20H,3,7-8H2,1-2H3. The number of ether oxygens (including phenoxy) is 1. The van der Waals surface area contributed by atoms with Crippen molar-refractivity contribution < 1.29 is 20.1 Å². The normalized spacial score (nSPS) is 10.8. The van der Waals surface area contributed by atoms with E-state index in [0.717, 1.165) is 11.1 Å². The minimum atomic E-state index is 0.00130. The molecule has 2 aromatic rings. The highest BCUT2D eigenvalue weighted by molar-refractivity contribution is 5.77. The molecule has 0 aliphatic rings. The lowest BCUT2D eigenvalue weighted by Gasteiger charge is -2.17. The summed E-state index contributed by atoms with van der Waals surface area (Å²) in [6, 6.07) is 8.08. The quantitative estimate of drug-likeness (QED) is 0.790. The predicted molar refractivity (Wildman–Crippen MR) is 81.8 cm³/mol. The second-order valence-electron chi connectivity index (χ2n) is 4.89. The molecule has 4 nitrogen and oxygen atoms in total. The van der Waals surface area contributed by atoms with Gasteiger partial charge >= 0.3 is 0 Å². The van der Waals surface area contributed by atoms with Gasteiger partial charge in [-0.2, -0.15) is 0 Å². The maximum atomic E-state index is 10.3. The number of methoxy groups -OCH3 is 1. The molecule has 0 unspecified atom stereocenters. The number of benzene rings is 2. The van der Waals surface area contributed by atoms with Crippen molar-refractivity contribution in [1.82, 2.24) is 0 Å². The van der Waals surface area contributed by atoms with E-state index in [0.29, 0.717) is 30.6 Å². The molecule has 0 aliphatic heterocycles. The number of aromatic hydroxyl groups is 3. The van der Waals surface area contributed by atoms with Gasteiger partial charge in [-0.15, -0.1) is 0 Å². The fourth-order valence-corrected chi connectivity index (χ4v) is 2.61. The first-order valence-electron chi connectivity index (χ1n) is 6.93. The van der Waals surface area contributed by atoms with Gasteiger partial charge in [-0.3, -0.25) is 0 Å². The number of rotatable bonds is 5. The summed E-state index contributed by atoms with van der Waals surface area (Å²) in [5, 5.41) is 30.0. The van der Waals surface area contributed by atoms with E-state index in [1.54, 1.807) is 25.3 Å². The van der Waals surface area contributed by atoms with E-state index in [4.69, 9.17) is 4.74 Å². The second-order valence-corrected chi connectivity index (χ2v) is 4.89. The van der Waals surface area contributed by atoms with Crippen molar-refractivity contribution in [1.29, 1.82) is 0 Å². The van der Waals surface area contributed by atoms with Gasteiger partial charge in [0, 0.05) is 18.7 Å². The third-order valence-electron chi connectivity index (χ3n) is 3.55. The van der Waals surface area contributed by atoms with Crippen LogP contribution in [0.25, 0.3) is 11.1 Å². The van der Waals surface area contributed by atoms with Gasteiger partial charge in [0.05, 0.1) is 6.61 Å². The maximum Gasteiger partial charge on any atom is 0.127 e. The summed E-state index contributed by atoms with van der Waals surface area (Å²) in [5.41, 5.74) is 3.00. The van der Waals surface area contributed by atoms with E-state index in [1.165, 1.54) is 6.07 Å². The average molecular weight is 288 g/mol. The Labute approximate surface area is 124 Å². The molecule has 0 fully saturated rings. The van der Waals surface area contributed by atoms with E-state index in [9.17, 15) is 15.3 Å². The number of hydrogen-bond donors (Lipinski definition) is 3. The minimum Gasteiger partial charge on any atom is -0.508 e. The first-order valence-corrected chi connectivity index (χ1v) is 6.93. The molecule has 0 bridgehead atoms. The first-order chi connectivity index (χ1) is 10.1. The minimum absolute atomic E-state index is 0.00130. The predicted octanol–water partition coefficient (Wildman–Crippen LogP) is 3.22. The zero-order valence-corrected chi connectivity index (χ0v) is 12.3. The largest absolute Gasteiger partial charge is 0.508 e. The van der Waals surface area contributed by atoms with Gasteiger partial charge in [0.15, 0.2) is 0 Å². The van der Waals surface area contributed by atoms with Gasteiger partial charge in [0.1, 0.15) is 17.2 Å². The molecule has 21 heavy (non-hydrogen) atoms. The van der Waals surface area contributed by atoms with Gasteiger partial charge < -0.3 is 20.1 Å². The van der Waals surface area contributed by atoms with Crippen molar-refractivity contribution >= 4 is 0 Å². The molecular weight excluding hydrogens is 268 g/mol. The Morgan fingerprint density at radius 1 is 1.00 bits per heavy atom. The molecule has 0 amide bonds. The van der Waals surface area contributed by atoms with Crippen molar-refractivity contribution in [3.8, 4) is 28.4 Å². The van der Waals surface area contributed by atoms with Crippen molar-refractivity contribution in [2.75, 3.05) is 13.7 Å². The molecule has 0 aromatic heterocycles. The zero-order chi connectivity index (χ0) is 15.4. The maximum absolute atomic E-state index is 10.3. The van der Waals surface area contributed by atoms with Gasteiger partial charge in [-0.25, -0.2) is 0 Å². The third-order valence-corrected chi connectivity index (χ3v) is 3.55. The summed E-state index contributed by atoms with van der Waals surface area (Å²) in [6.45, 7) is 2.44. The third kappa shape index (κ3) is 3.11. The Kier molecular flexibility index (Phi) is 4.70. The summed E-state index contributed by atoms with van der Waals surface area (Å²) >= 11 is 0. The number of hydrogen-bond acceptors (Lipinski definition) is 4. The van der Waals surface area contributed by atoms with Crippen molar-refractivity contribution in [3.63, 3.8) is 0 Å². The highest BCUT2D eigenvalue weighted by Gasteiger charge is 2.18. The van der Waals surface area contributed by atoms with Crippen LogP contribution in [0.4, 0.5) is 0 Å².